The fourth-order valence-electron chi connectivity index (χ4n) is 2.69. The molecule has 18 heavy (non-hydrogen) atoms. The Morgan fingerprint density at radius 3 is 2.67 bits per heavy atom. The Kier molecular flexibility index (Phi) is 3.36. The molecule has 1 saturated heterocycles. The molecular formula is C14H17NO3. The second-order valence-corrected chi connectivity index (χ2v) is 4.63. The van der Waals surface area contributed by atoms with Crippen LogP contribution < -0.4 is 0 Å². The number of likely N-dealkylation sites (tertiary alicyclic amines) is 1. The molecule has 4 heteroatoms. The SMILES string of the molecule is CCN1C(=O)C[C@H](C(=O)O)[C@H]1c1ccccc1C. The van der Waals surface area contributed by atoms with Crippen molar-refractivity contribution >= 4 is 11.9 Å². The van der Waals surface area contributed by atoms with Crippen molar-refractivity contribution in [2.24, 2.45) is 5.92 Å². The summed E-state index contributed by atoms with van der Waals surface area (Å²) < 4.78 is 0. The van der Waals surface area contributed by atoms with Gasteiger partial charge in [0.15, 0.2) is 0 Å². The Bertz CT molecular complexity index is 484. The van der Waals surface area contributed by atoms with Gasteiger partial charge in [-0.1, -0.05) is 24.3 Å². The molecule has 0 unspecified atom stereocenters. The number of amides is 1. The normalized spacial score (nSPS) is 23.4. The highest BCUT2D eigenvalue weighted by Gasteiger charge is 2.44. The van der Waals surface area contributed by atoms with Crippen molar-refractivity contribution in [2.45, 2.75) is 26.3 Å². The Morgan fingerprint density at radius 2 is 2.11 bits per heavy atom. The third-order valence-corrected chi connectivity index (χ3v) is 3.60. The van der Waals surface area contributed by atoms with Gasteiger partial charge in [-0.25, -0.2) is 0 Å². The van der Waals surface area contributed by atoms with Crippen LogP contribution in [0.3, 0.4) is 0 Å². The van der Waals surface area contributed by atoms with Crippen molar-refractivity contribution in [3.63, 3.8) is 0 Å². The zero-order chi connectivity index (χ0) is 13.3. The van der Waals surface area contributed by atoms with Crippen LogP contribution in [0.2, 0.25) is 0 Å². The third kappa shape index (κ3) is 1.98. The van der Waals surface area contributed by atoms with Gasteiger partial charge in [-0.05, 0) is 25.0 Å². The highest BCUT2D eigenvalue weighted by Crippen LogP contribution is 2.39. The molecule has 2 atom stereocenters. The summed E-state index contributed by atoms with van der Waals surface area (Å²) in [5.74, 6) is -1.61. The summed E-state index contributed by atoms with van der Waals surface area (Å²) in [5, 5.41) is 9.29. The minimum atomic E-state index is -0.896. The minimum Gasteiger partial charge on any atom is -0.481 e. The minimum absolute atomic E-state index is 0.0712. The molecule has 0 spiro atoms. The standard InChI is InChI=1S/C14H17NO3/c1-3-15-12(16)8-11(14(17)18)13(15)10-7-5-4-6-9(10)2/h4-7,11,13H,3,8H2,1-2H3,(H,17,18)/t11-,13+/m0/s1. The van der Waals surface area contributed by atoms with E-state index in [1.54, 1.807) is 4.90 Å². The summed E-state index contributed by atoms with van der Waals surface area (Å²) in [4.78, 5) is 24.9. The zero-order valence-corrected chi connectivity index (χ0v) is 10.6. The number of rotatable bonds is 3. The first-order valence-corrected chi connectivity index (χ1v) is 6.14. The molecule has 1 heterocycles. The number of carboxylic acid groups (broad SMARTS) is 1. The number of carbonyl (C=O) groups is 2. The van der Waals surface area contributed by atoms with E-state index in [-0.39, 0.29) is 18.4 Å². The summed E-state index contributed by atoms with van der Waals surface area (Å²) >= 11 is 0. The molecule has 0 bridgehead atoms. The van der Waals surface area contributed by atoms with Gasteiger partial charge in [-0.2, -0.15) is 0 Å². The molecule has 0 aliphatic carbocycles. The molecule has 1 aromatic rings. The predicted octanol–water partition coefficient (Wildman–Crippen LogP) is 1.99. The van der Waals surface area contributed by atoms with Crippen molar-refractivity contribution in [3.8, 4) is 0 Å². The highest BCUT2D eigenvalue weighted by molar-refractivity contribution is 5.87. The van der Waals surface area contributed by atoms with Gasteiger partial charge in [0.25, 0.3) is 0 Å². The molecule has 1 fully saturated rings. The second kappa shape index (κ2) is 4.80. The van der Waals surface area contributed by atoms with E-state index in [1.165, 1.54) is 0 Å². The van der Waals surface area contributed by atoms with E-state index in [9.17, 15) is 14.7 Å². The first-order valence-electron chi connectivity index (χ1n) is 6.14. The fraction of sp³-hybridized carbons (Fsp3) is 0.429. The van der Waals surface area contributed by atoms with E-state index >= 15 is 0 Å². The molecule has 1 aromatic carbocycles. The lowest BCUT2D eigenvalue weighted by Gasteiger charge is -2.27. The van der Waals surface area contributed by atoms with E-state index in [2.05, 4.69) is 0 Å². The van der Waals surface area contributed by atoms with E-state index in [0.717, 1.165) is 11.1 Å². The number of aryl methyl sites for hydroxylation is 1. The molecule has 0 radical (unpaired) electrons. The number of hydrogen-bond acceptors (Lipinski definition) is 2. The Morgan fingerprint density at radius 1 is 1.44 bits per heavy atom. The molecule has 0 saturated carbocycles. The van der Waals surface area contributed by atoms with Crippen molar-refractivity contribution in [2.75, 3.05) is 6.54 Å². The van der Waals surface area contributed by atoms with Crippen molar-refractivity contribution < 1.29 is 14.7 Å². The fourth-order valence-corrected chi connectivity index (χ4v) is 2.69. The van der Waals surface area contributed by atoms with Crippen LogP contribution in [0, 0.1) is 12.8 Å². The number of nitrogens with zero attached hydrogens (tertiary/aromatic N) is 1. The van der Waals surface area contributed by atoms with E-state index in [4.69, 9.17) is 0 Å². The van der Waals surface area contributed by atoms with Gasteiger partial charge in [0.2, 0.25) is 5.91 Å². The molecule has 1 N–H and O–H groups in total. The predicted molar refractivity (Wildman–Crippen MR) is 67.0 cm³/mol. The van der Waals surface area contributed by atoms with E-state index in [0.29, 0.717) is 6.54 Å². The number of benzene rings is 1. The topological polar surface area (TPSA) is 57.6 Å². The van der Waals surface area contributed by atoms with Crippen LogP contribution in [0.15, 0.2) is 24.3 Å². The summed E-state index contributed by atoms with van der Waals surface area (Å²) in [6, 6.07) is 7.34. The second-order valence-electron chi connectivity index (χ2n) is 4.63. The first-order chi connectivity index (χ1) is 8.56. The maximum absolute atomic E-state index is 11.9. The van der Waals surface area contributed by atoms with Crippen LogP contribution in [-0.4, -0.2) is 28.4 Å². The Balaban J connectivity index is 2.46. The maximum atomic E-state index is 11.9. The van der Waals surface area contributed by atoms with Crippen molar-refractivity contribution in [1.82, 2.24) is 4.90 Å². The lowest BCUT2D eigenvalue weighted by Crippen LogP contribution is -2.30. The van der Waals surface area contributed by atoms with Gasteiger partial charge in [0, 0.05) is 13.0 Å². The molecule has 0 aromatic heterocycles. The van der Waals surface area contributed by atoms with Gasteiger partial charge in [-0.15, -0.1) is 0 Å². The summed E-state index contributed by atoms with van der Waals surface area (Å²) in [5.41, 5.74) is 1.97. The summed E-state index contributed by atoms with van der Waals surface area (Å²) in [6.07, 6.45) is 0.0994. The lowest BCUT2D eigenvalue weighted by atomic mass is 9.91. The van der Waals surface area contributed by atoms with Crippen LogP contribution >= 0.6 is 0 Å². The van der Waals surface area contributed by atoms with Gasteiger partial charge >= 0.3 is 5.97 Å². The van der Waals surface area contributed by atoms with Crippen LogP contribution in [0.4, 0.5) is 0 Å². The van der Waals surface area contributed by atoms with Crippen LogP contribution in [0.5, 0.6) is 0 Å². The van der Waals surface area contributed by atoms with Gasteiger partial charge < -0.3 is 10.0 Å². The maximum Gasteiger partial charge on any atom is 0.309 e. The Hall–Kier alpha value is -1.84. The summed E-state index contributed by atoms with van der Waals surface area (Å²) in [6.45, 7) is 4.37. The van der Waals surface area contributed by atoms with Crippen molar-refractivity contribution in [3.05, 3.63) is 35.4 Å². The van der Waals surface area contributed by atoms with Gasteiger partial charge in [-0.3, -0.25) is 9.59 Å². The lowest BCUT2D eigenvalue weighted by molar-refractivity contribution is -0.142. The highest BCUT2D eigenvalue weighted by atomic mass is 16.4. The van der Waals surface area contributed by atoms with Crippen LogP contribution in [0.1, 0.15) is 30.5 Å². The zero-order valence-electron chi connectivity index (χ0n) is 10.6. The largest absolute Gasteiger partial charge is 0.481 e. The first kappa shape index (κ1) is 12.6. The van der Waals surface area contributed by atoms with Crippen LogP contribution in [-0.2, 0) is 9.59 Å². The molecule has 1 amide bonds. The number of carboxylic acids is 1. The average molecular weight is 247 g/mol. The molecule has 4 nitrogen and oxygen atoms in total. The smallest absolute Gasteiger partial charge is 0.309 e. The number of carbonyl (C=O) groups excluding carboxylic acids is 1. The Labute approximate surface area is 106 Å². The van der Waals surface area contributed by atoms with Gasteiger partial charge in [0.05, 0.1) is 12.0 Å². The third-order valence-electron chi connectivity index (χ3n) is 3.60. The average Bonchev–Trinajstić information content (AvgIpc) is 2.67. The molecule has 96 valence electrons. The van der Waals surface area contributed by atoms with Crippen LogP contribution in [0.25, 0.3) is 0 Å². The molecule has 1 aliphatic heterocycles. The quantitative estimate of drug-likeness (QED) is 0.888. The number of aliphatic carboxylic acids is 1. The molecular weight excluding hydrogens is 230 g/mol. The monoisotopic (exact) mass is 247 g/mol. The number of hydrogen-bond donors (Lipinski definition) is 1. The molecule has 2 rings (SSSR count). The molecule has 1 aliphatic rings. The van der Waals surface area contributed by atoms with Crippen molar-refractivity contribution in [1.29, 1.82) is 0 Å². The van der Waals surface area contributed by atoms with E-state index < -0.39 is 11.9 Å². The van der Waals surface area contributed by atoms with E-state index in [1.807, 2.05) is 38.1 Å². The summed E-state index contributed by atoms with van der Waals surface area (Å²) in [7, 11) is 0. The van der Waals surface area contributed by atoms with Gasteiger partial charge in [0.1, 0.15) is 0 Å².